The molecule has 0 unspecified atom stereocenters. The molecule has 0 N–H and O–H groups in total. The molecular formula is C25H21FN4O2S. The third kappa shape index (κ3) is 4.47. The fraction of sp³-hybridized carbons (Fsp3) is 0.160. The second kappa shape index (κ2) is 9.46. The van der Waals surface area contributed by atoms with Crippen molar-refractivity contribution in [3.63, 3.8) is 0 Å². The highest BCUT2D eigenvalue weighted by Gasteiger charge is 2.25. The quantitative estimate of drug-likeness (QED) is 0.375. The number of thioether (sulfide) groups is 1. The molecule has 1 amide bonds. The van der Waals surface area contributed by atoms with E-state index in [4.69, 9.17) is 4.74 Å². The average molecular weight is 461 g/mol. The van der Waals surface area contributed by atoms with Gasteiger partial charge in [-0.25, -0.2) is 4.39 Å². The number of benzene rings is 3. The van der Waals surface area contributed by atoms with E-state index in [-0.39, 0.29) is 24.0 Å². The Labute approximate surface area is 195 Å². The predicted molar refractivity (Wildman–Crippen MR) is 125 cm³/mol. The summed E-state index contributed by atoms with van der Waals surface area (Å²) in [5.41, 5.74) is 3.01. The van der Waals surface area contributed by atoms with Crippen molar-refractivity contribution in [2.45, 2.75) is 18.2 Å². The number of halogens is 1. The molecule has 0 atom stereocenters. The number of hydrogen-bond acceptors (Lipinski definition) is 5. The maximum Gasteiger partial charge on any atom is 0.237 e. The van der Waals surface area contributed by atoms with Crippen LogP contribution in [0.3, 0.4) is 0 Å². The van der Waals surface area contributed by atoms with Gasteiger partial charge in [0.1, 0.15) is 6.61 Å². The van der Waals surface area contributed by atoms with Gasteiger partial charge in [-0.05, 0) is 42.3 Å². The van der Waals surface area contributed by atoms with Crippen molar-refractivity contribution in [1.82, 2.24) is 14.8 Å². The number of para-hydroxylation sites is 3. The van der Waals surface area contributed by atoms with Gasteiger partial charge in [0.05, 0.1) is 5.75 Å². The SMILES string of the molecule is O=C(CSc1nnc(COc2ccccc2F)n1-c1ccccc1)N1CCc2ccccc21. The topological polar surface area (TPSA) is 60.2 Å². The summed E-state index contributed by atoms with van der Waals surface area (Å²) in [6.45, 7) is 0.725. The third-order valence-electron chi connectivity index (χ3n) is 5.42. The normalized spacial score (nSPS) is 12.6. The van der Waals surface area contributed by atoms with Gasteiger partial charge in [-0.15, -0.1) is 10.2 Å². The molecule has 0 saturated heterocycles. The van der Waals surface area contributed by atoms with Crippen molar-refractivity contribution in [2.24, 2.45) is 0 Å². The molecule has 6 nitrogen and oxygen atoms in total. The Morgan fingerprint density at radius 1 is 0.970 bits per heavy atom. The third-order valence-corrected chi connectivity index (χ3v) is 6.33. The summed E-state index contributed by atoms with van der Waals surface area (Å²) in [7, 11) is 0. The minimum atomic E-state index is -0.436. The predicted octanol–water partition coefficient (Wildman–Crippen LogP) is 4.67. The van der Waals surface area contributed by atoms with Gasteiger partial charge in [0.25, 0.3) is 0 Å². The Morgan fingerprint density at radius 2 is 1.73 bits per heavy atom. The number of hydrogen-bond donors (Lipinski definition) is 0. The van der Waals surface area contributed by atoms with Crippen molar-refractivity contribution < 1.29 is 13.9 Å². The summed E-state index contributed by atoms with van der Waals surface area (Å²) < 4.78 is 21.5. The molecule has 3 aromatic carbocycles. The lowest BCUT2D eigenvalue weighted by Crippen LogP contribution is -2.30. The first-order valence-corrected chi connectivity index (χ1v) is 11.6. The molecule has 1 aromatic heterocycles. The van der Waals surface area contributed by atoms with Crippen LogP contribution < -0.4 is 9.64 Å². The van der Waals surface area contributed by atoms with Crippen molar-refractivity contribution in [1.29, 1.82) is 0 Å². The van der Waals surface area contributed by atoms with Gasteiger partial charge in [0, 0.05) is 17.9 Å². The fourth-order valence-corrected chi connectivity index (χ4v) is 4.68. The minimum Gasteiger partial charge on any atom is -0.483 e. The van der Waals surface area contributed by atoms with E-state index in [1.54, 1.807) is 18.2 Å². The first kappa shape index (κ1) is 21.2. The number of carbonyl (C=O) groups excluding carboxylic acids is 1. The molecule has 5 rings (SSSR count). The van der Waals surface area contributed by atoms with Crippen molar-refractivity contribution in [3.8, 4) is 11.4 Å². The Bertz CT molecular complexity index is 1280. The van der Waals surface area contributed by atoms with Crippen molar-refractivity contribution in [3.05, 3.63) is 96.1 Å². The monoisotopic (exact) mass is 460 g/mol. The highest BCUT2D eigenvalue weighted by molar-refractivity contribution is 7.99. The standard InChI is InChI=1S/C25H21FN4O2S/c26-20-11-5-7-13-22(20)32-16-23-27-28-25(30(23)19-9-2-1-3-10-19)33-17-24(31)29-15-14-18-8-4-6-12-21(18)29/h1-13H,14-17H2. The molecule has 0 saturated carbocycles. The van der Waals surface area contributed by atoms with Gasteiger partial charge in [-0.3, -0.25) is 9.36 Å². The van der Waals surface area contributed by atoms with Gasteiger partial charge in [0.2, 0.25) is 5.91 Å². The van der Waals surface area contributed by atoms with Crippen LogP contribution in [-0.4, -0.2) is 33.0 Å². The Kier molecular flexibility index (Phi) is 6.08. The van der Waals surface area contributed by atoms with Gasteiger partial charge < -0.3 is 9.64 Å². The molecule has 0 bridgehead atoms. The summed E-state index contributed by atoms with van der Waals surface area (Å²) in [6, 6.07) is 23.8. The van der Waals surface area contributed by atoms with Gasteiger partial charge in [0.15, 0.2) is 22.5 Å². The number of fused-ring (bicyclic) bond motifs is 1. The zero-order valence-corrected chi connectivity index (χ0v) is 18.5. The number of carbonyl (C=O) groups is 1. The molecule has 1 aliphatic heterocycles. The van der Waals surface area contributed by atoms with Crippen LogP contribution in [0.4, 0.5) is 10.1 Å². The number of aromatic nitrogens is 3. The van der Waals surface area contributed by atoms with Crippen LogP contribution in [0.25, 0.3) is 5.69 Å². The van der Waals surface area contributed by atoms with E-state index in [0.717, 1.165) is 17.8 Å². The Hall–Kier alpha value is -3.65. The van der Waals surface area contributed by atoms with Gasteiger partial charge >= 0.3 is 0 Å². The van der Waals surface area contributed by atoms with Crippen LogP contribution in [0.5, 0.6) is 5.75 Å². The van der Waals surface area contributed by atoms with Crippen molar-refractivity contribution >= 4 is 23.4 Å². The van der Waals surface area contributed by atoms with E-state index in [1.807, 2.05) is 58.0 Å². The lowest BCUT2D eigenvalue weighted by Gasteiger charge is -2.17. The number of nitrogens with zero attached hydrogens (tertiary/aromatic N) is 4. The van der Waals surface area contributed by atoms with Crippen molar-refractivity contribution in [2.75, 3.05) is 17.2 Å². The first-order chi connectivity index (χ1) is 16.2. The lowest BCUT2D eigenvalue weighted by atomic mass is 10.2. The molecule has 8 heteroatoms. The Balaban J connectivity index is 1.35. The highest BCUT2D eigenvalue weighted by Crippen LogP contribution is 2.29. The summed E-state index contributed by atoms with van der Waals surface area (Å²) >= 11 is 1.33. The van der Waals surface area contributed by atoms with E-state index in [0.29, 0.717) is 17.5 Å². The zero-order valence-electron chi connectivity index (χ0n) is 17.7. The van der Waals surface area contributed by atoms with E-state index < -0.39 is 5.82 Å². The smallest absolute Gasteiger partial charge is 0.237 e. The molecule has 166 valence electrons. The van der Waals surface area contributed by atoms with Crippen LogP contribution in [0.1, 0.15) is 11.4 Å². The van der Waals surface area contributed by atoms with E-state index in [2.05, 4.69) is 16.3 Å². The van der Waals surface area contributed by atoms with Crippen LogP contribution in [0.2, 0.25) is 0 Å². The molecule has 33 heavy (non-hydrogen) atoms. The second-order valence-corrected chi connectivity index (χ2v) is 8.44. The molecule has 0 fully saturated rings. The molecule has 2 heterocycles. The van der Waals surface area contributed by atoms with Crippen LogP contribution in [0, 0.1) is 5.82 Å². The van der Waals surface area contributed by atoms with E-state index in [9.17, 15) is 9.18 Å². The van der Waals surface area contributed by atoms with Gasteiger partial charge in [-0.2, -0.15) is 0 Å². The van der Waals surface area contributed by atoms with E-state index >= 15 is 0 Å². The minimum absolute atomic E-state index is 0.0247. The van der Waals surface area contributed by atoms with E-state index in [1.165, 1.54) is 23.4 Å². The summed E-state index contributed by atoms with van der Waals surface area (Å²) in [5, 5.41) is 9.15. The van der Waals surface area contributed by atoms with Gasteiger partial charge in [-0.1, -0.05) is 60.3 Å². The van der Waals surface area contributed by atoms with Crippen LogP contribution in [-0.2, 0) is 17.8 Å². The molecule has 1 aliphatic rings. The lowest BCUT2D eigenvalue weighted by molar-refractivity contribution is -0.116. The second-order valence-electron chi connectivity index (χ2n) is 7.50. The average Bonchev–Trinajstić information content (AvgIpc) is 3.47. The molecule has 0 radical (unpaired) electrons. The summed E-state index contributed by atoms with van der Waals surface area (Å²) in [4.78, 5) is 14.8. The maximum atomic E-state index is 14.0. The van der Waals surface area contributed by atoms with Crippen LogP contribution >= 0.6 is 11.8 Å². The largest absolute Gasteiger partial charge is 0.483 e. The maximum absolute atomic E-state index is 14.0. The fourth-order valence-electron chi connectivity index (χ4n) is 3.83. The number of ether oxygens (including phenoxy) is 1. The molecular weight excluding hydrogens is 439 g/mol. The Morgan fingerprint density at radius 3 is 2.58 bits per heavy atom. The first-order valence-electron chi connectivity index (χ1n) is 10.6. The number of rotatable bonds is 7. The number of amides is 1. The molecule has 0 aliphatic carbocycles. The highest BCUT2D eigenvalue weighted by atomic mass is 32.2. The summed E-state index contributed by atoms with van der Waals surface area (Å²) in [6.07, 6.45) is 0.865. The van der Waals surface area contributed by atoms with Crippen LogP contribution in [0.15, 0.2) is 84.0 Å². The summed E-state index contributed by atoms with van der Waals surface area (Å²) in [5.74, 6) is 0.488. The molecule has 4 aromatic rings. The molecule has 0 spiro atoms. The number of anilines is 1. The zero-order chi connectivity index (χ0) is 22.6.